The first-order valence-corrected chi connectivity index (χ1v) is 8.39. The van der Waals surface area contributed by atoms with Crippen LogP contribution < -0.4 is 10.2 Å². The van der Waals surface area contributed by atoms with Crippen LogP contribution in [0.1, 0.15) is 17.3 Å². The van der Waals surface area contributed by atoms with Crippen molar-refractivity contribution in [2.45, 2.75) is 6.92 Å². The fraction of sp³-hybridized carbons (Fsp3) is 0.100. The lowest BCUT2D eigenvalue weighted by Gasteiger charge is -2.21. The molecule has 0 radical (unpaired) electrons. The summed E-state index contributed by atoms with van der Waals surface area (Å²) >= 11 is 5.90. The van der Waals surface area contributed by atoms with Crippen LogP contribution in [0, 0.1) is 0 Å². The zero-order valence-corrected chi connectivity index (χ0v) is 14.6. The molecule has 25 heavy (non-hydrogen) atoms. The highest BCUT2D eigenvalue weighted by Crippen LogP contribution is 2.21. The topological polar surface area (TPSA) is 45.2 Å². The van der Waals surface area contributed by atoms with Crippen molar-refractivity contribution >= 4 is 34.6 Å². The molecule has 2 aromatic carbocycles. The molecule has 0 aliphatic rings. The first-order valence-electron chi connectivity index (χ1n) is 8.02. The van der Waals surface area contributed by atoms with E-state index in [0.717, 1.165) is 17.1 Å². The van der Waals surface area contributed by atoms with E-state index in [4.69, 9.17) is 11.6 Å². The summed E-state index contributed by atoms with van der Waals surface area (Å²) in [4.78, 5) is 18.8. The Hall–Kier alpha value is -2.85. The van der Waals surface area contributed by atoms with Gasteiger partial charge in [-0.3, -0.25) is 9.78 Å². The van der Waals surface area contributed by atoms with Gasteiger partial charge in [-0.15, -0.1) is 0 Å². The summed E-state index contributed by atoms with van der Waals surface area (Å²) in [6.45, 7) is 2.53. The smallest absolute Gasteiger partial charge is 0.259 e. The standard InChI is InChI=1S/C20H18ClN3O/c1-2-24(19-6-4-3-5-7-19)20(25)15-12-18(14-22-13-15)23-17-10-8-16(21)9-11-17/h3-14,23H,2H2,1H3. The van der Waals surface area contributed by atoms with Gasteiger partial charge in [0.05, 0.1) is 17.4 Å². The third-order valence-corrected chi connectivity index (χ3v) is 4.00. The van der Waals surface area contributed by atoms with Crippen molar-refractivity contribution in [3.63, 3.8) is 0 Å². The normalized spacial score (nSPS) is 10.3. The lowest BCUT2D eigenvalue weighted by atomic mass is 10.2. The largest absolute Gasteiger partial charge is 0.354 e. The average molecular weight is 352 g/mol. The van der Waals surface area contributed by atoms with Crippen LogP contribution in [0.5, 0.6) is 0 Å². The molecule has 1 amide bonds. The van der Waals surface area contributed by atoms with E-state index in [-0.39, 0.29) is 5.91 Å². The van der Waals surface area contributed by atoms with Gasteiger partial charge in [0, 0.05) is 29.1 Å². The van der Waals surface area contributed by atoms with Gasteiger partial charge < -0.3 is 10.2 Å². The van der Waals surface area contributed by atoms with Crippen LogP contribution in [0.25, 0.3) is 0 Å². The van der Waals surface area contributed by atoms with Crippen molar-refractivity contribution in [1.29, 1.82) is 0 Å². The lowest BCUT2D eigenvalue weighted by Crippen LogP contribution is -2.30. The van der Waals surface area contributed by atoms with Gasteiger partial charge in [-0.05, 0) is 49.4 Å². The van der Waals surface area contributed by atoms with E-state index in [2.05, 4.69) is 10.3 Å². The molecule has 0 unspecified atom stereocenters. The fourth-order valence-electron chi connectivity index (χ4n) is 2.53. The third-order valence-electron chi connectivity index (χ3n) is 3.75. The number of pyridine rings is 1. The molecule has 3 aromatic rings. The minimum atomic E-state index is -0.0824. The Morgan fingerprint density at radius 1 is 1.04 bits per heavy atom. The summed E-state index contributed by atoms with van der Waals surface area (Å²) in [7, 11) is 0. The van der Waals surface area contributed by atoms with Crippen molar-refractivity contribution in [3.05, 3.63) is 83.6 Å². The maximum atomic E-state index is 12.9. The predicted molar refractivity (Wildman–Crippen MR) is 103 cm³/mol. The summed E-state index contributed by atoms with van der Waals surface area (Å²) in [5.41, 5.74) is 3.03. The Kier molecular flexibility index (Phi) is 5.31. The van der Waals surface area contributed by atoms with E-state index in [1.165, 1.54) is 0 Å². The fourth-order valence-corrected chi connectivity index (χ4v) is 2.66. The molecule has 0 saturated heterocycles. The molecule has 1 N–H and O–H groups in total. The molecule has 0 aliphatic carbocycles. The Morgan fingerprint density at radius 2 is 1.76 bits per heavy atom. The highest BCUT2D eigenvalue weighted by molar-refractivity contribution is 6.30. The molecule has 1 aromatic heterocycles. The maximum absolute atomic E-state index is 12.9. The number of nitrogens with one attached hydrogen (secondary N) is 1. The Labute approximate surface area is 152 Å². The van der Waals surface area contributed by atoms with Crippen molar-refractivity contribution in [2.75, 3.05) is 16.8 Å². The lowest BCUT2D eigenvalue weighted by molar-refractivity contribution is 0.0988. The van der Waals surface area contributed by atoms with Crippen molar-refractivity contribution in [2.24, 2.45) is 0 Å². The molecule has 4 nitrogen and oxygen atoms in total. The van der Waals surface area contributed by atoms with Gasteiger partial charge in [-0.1, -0.05) is 29.8 Å². The second kappa shape index (κ2) is 7.81. The monoisotopic (exact) mass is 351 g/mol. The first kappa shape index (κ1) is 17.0. The molecule has 5 heteroatoms. The highest BCUT2D eigenvalue weighted by atomic mass is 35.5. The minimum Gasteiger partial charge on any atom is -0.354 e. The van der Waals surface area contributed by atoms with E-state index < -0.39 is 0 Å². The molecule has 3 rings (SSSR count). The van der Waals surface area contributed by atoms with Crippen molar-refractivity contribution in [3.8, 4) is 0 Å². The number of anilines is 3. The zero-order chi connectivity index (χ0) is 17.6. The number of halogens is 1. The summed E-state index contributed by atoms with van der Waals surface area (Å²) in [6, 6.07) is 18.8. The molecular weight excluding hydrogens is 334 g/mol. The Morgan fingerprint density at radius 3 is 2.44 bits per heavy atom. The molecule has 126 valence electrons. The zero-order valence-electron chi connectivity index (χ0n) is 13.8. The van der Waals surface area contributed by atoms with Crippen LogP contribution in [0.4, 0.5) is 17.1 Å². The van der Waals surface area contributed by atoms with Gasteiger partial charge in [-0.2, -0.15) is 0 Å². The first-order chi connectivity index (χ1) is 12.2. The van der Waals surface area contributed by atoms with Gasteiger partial charge in [-0.25, -0.2) is 0 Å². The number of para-hydroxylation sites is 1. The maximum Gasteiger partial charge on any atom is 0.259 e. The van der Waals surface area contributed by atoms with Gasteiger partial charge in [0.15, 0.2) is 0 Å². The molecule has 0 bridgehead atoms. The van der Waals surface area contributed by atoms with Gasteiger partial charge in [0.2, 0.25) is 0 Å². The number of benzene rings is 2. The van der Waals surface area contributed by atoms with Crippen LogP contribution >= 0.6 is 11.6 Å². The summed E-state index contributed by atoms with van der Waals surface area (Å²) < 4.78 is 0. The van der Waals surface area contributed by atoms with Crippen LogP contribution in [0.3, 0.4) is 0 Å². The molecule has 1 heterocycles. The van der Waals surface area contributed by atoms with Crippen LogP contribution in [0.15, 0.2) is 73.1 Å². The van der Waals surface area contributed by atoms with Crippen molar-refractivity contribution in [1.82, 2.24) is 4.98 Å². The quantitative estimate of drug-likeness (QED) is 0.691. The minimum absolute atomic E-state index is 0.0824. The van der Waals surface area contributed by atoms with Crippen molar-refractivity contribution < 1.29 is 4.79 Å². The number of carbonyl (C=O) groups is 1. The Bertz CT molecular complexity index is 850. The molecule has 0 fully saturated rings. The summed E-state index contributed by atoms with van der Waals surface area (Å²) in [6.07, 6.45) is 3.27. The van der Waals surface area contributed by atoms with E-state index in [1.54, 1.807) is 35.5 Å². The number of carbonyl (C=O) groups excluding carboxylic acids is 1. The van der Waals surface area contributed by atoms with Gasteiger partial charge in [0.25, 0.3) is 5.91 Å². The molecule has 0 aliphatic heterocycles. The Balaban J connectivity index is 1.82. The molecule has 0 spiro atoms. The second-order valence-electron chi connectivity index (χ2n) is 5.48. The average Bonchev–Trinajstić information content (AvgIpc) is 2.65. The van der Waals surface area contributed by atoms with Gasteiger partial charge >= 0.3 is 0 Å². The van der Waals surface area contributed by atoms with E-state index in [0.29, 0.717) is 17.1 Å². The van der Waals surface area contributed by atoms with Crippen LogP contribution in [0.2, 0.25) is 5.02 Å². The number of aromatic nitrogens is 1. The number of nitrogens with zero attached hydrogens (tertiary/aromatic N) is 2. The van der Waals surface area contributed by atoms with Crippen LogP contribution in [-0.2, 0) is 0 Å². The predicted octanol–water partition coefficient (Wildman–Crippen LogP) is 5.15. The number of rotatable bonds is 5. The molecule has 0 atom stereocenters. The number of hydrogen-bond donors (Lipinski definition) is 1. The SMILES string of the molecule is CCN(C(=O)c1cncc(Nc2ccc(Cl)cc2)c1)c1ccccc1. The van der Waals surface area contributed by atoms with E-state index in [1.807, 2.05) is 49.4 Å². The molecule has 0 saturated carbocycles. The second-order valence-corrected chi connectivity index (χ2v) is 5.92. The van der Waals surface area contributed by atoms with E-state index >= 15 is 0 Å². The van der Waals surface area contributed by atoms with Gasteiger partial charge in [0.1, 0.15) is 0 Å². The molecular formula is C20H18ClN3O. The van der Waals surface area contributed by atoms with Crippen LogP contribution in [-0.4, -0.2) is 17.4 Å². The number of hydrogen-bond acceptors (Lipinski definition) is 3. The highest BCUT2D eigenvalue weighted by Gasteiger charge is 2.16. The number of amides is 1. The van der Waals surface area contributed by atoms with E-state index in [9.17, 15) is 4.79 Å². The summed E-state index contributed by atoms with van der Waals surface area (Å²) in [5.74, 6) is -0.0824. The summed E-state index contributed by atoms with van der Waals surface area (Å²) in [5, 5.41) is 3.91. The third kappa shape index (κ3) is 4.17.